The molecular formula is C21H24N4O2. The molecule has 1 amide bonds. The Morgan fingerprint density at radius 1 is 0.926 bits per heavy atom. The highest BCUT2D eigenvalue weighted by Gasteiger charge is 2.50. The number of amides is 1. The number of nitrogens with zero attached hydrogens (tertiary/aromatic N) is 3. The van der Waals surface area contributed by atoms with Crippen LogP contribution in [0.1, 0.15) is 11.1 Å². The van der Waals surface area contributed by atoms with Crippen molar-refractivity contribution in [2.24, 2.45) is 10.7 Å². The second-order valence-electron chi connectivity index (χ2n) is 6.82. The zero-order valence-corrected chi connectivity index (χ0v) is 15.3. The number of carbonyl (C=O) groups is 1. The van der Waals surface area contributed by atoms with Crippen LogP contribution < -0.4 is 5.73 Å². The van der Waals surface area contributed by atoms with Crippen molar-refractivity contribution in [1.82, 2.24) is 9.80 Å². The molecule has 0 atom stereocenters. The molecule has 0 spiro atoms. The van der Waals surface area contributed by atoms with E-state index in [1.54, 1.807) is 4.90 Å². The molecule has 2 aromatic carbocycles. The summed E-state index contributed by atoms with van der Waals surface area (Å²) >= 11 is 0. The maximum atomic E-state index is 13.6. The van der Waals surface area contributed by atoms with Crippen LogP contribution in [0.25, 0.3) is 0 Å². The molecule has 1 fully saturated rings. The van der Waals surface area contributed by atoms with Gasteiger partial charge in [-0.15, -0.1) is 0 Å². The molecule has 140 valence electrons. The number of morpholine rings is 1. The topological polar surface area (TPSA) is 71.2 Å². The van der Waals surface area contributed by atoms with Crippen LogP contribution >= 0.6 is 0 Å². The second-order valence-corrected chi connectivity index (χ2v) is 6.82. The van der Waals surface area contributed by atoms with Gasteiger partial charge in [0.15, 0.2) is 11.5 Å². The normalized spacial score (nSPS) is 19.9. The molecule has 2 aliphatic heterocycles. The first-order valence-electron chi connectivity index (χ1n) is 9.30. The Morgan fingerprint density at radius 2 is 1.48 bits per heavy atom. The van der Waals surface area contributed by atoms with Gasteiger partial charge in [0.1, 0.15) is 0 Å². The first-order valence-corrected chi connectivity index (χ1v) is 9.30. The van der Waals surface area contributed by atoms with Crippen molar-refractivity contribution < 1.29 is 9.53 Å². The first-order chi connectivity index (χ1) is 13.2. The Balaban J connectivity index is 1.65. The third-order valence-electron chi connectivity index (χ3n) is 5.24. The number of ether oxygens (including phenoxy) is 1. The zero-order valence-electron chi connectivity index (χ0n) is 15.3. The van der Waals surface area contributed by atoms with Crippen LogP contribution in [0.2, 0.25) is 0 Å². The SMILES string of the molecule is NC1=NC(c2ccccc2)(c2ccccc2)C(=O)N1CCN1CCOCC1. The summed E-state index contributed by atoms with van der Waals surface area (Å²) in [7, 11) is 0. The van der Waals surface area contributed by atoms with E-state index in [4.69, 9.17) is 15.5 Å². The summed E-state index contributed by atoms with van der Waals surface area (Å²) < 4.78 is 5.39. The minimum atomic E-state index is -1.11. The van der Waals surface area contributed by atoms with Crippen LogP contribution in [0, 0.1) is 0 Å². The largest absolute Gasteiger partial charge is 0.379 e. The quantitative estimate of drug-likeness (QED) is 0.871. The van der Waals surface area contributed by atoms with Gasteiger partial charge >= 0.3 is 0 Å². The van der Waals surface area contributed by atoms with E-state index < -0.39 is 5.54 Å². The fourth-order valence-corrected chi connectivity index (χ4v) is 3.76. The minimum absolute atomic E-state index is 0.0920. The van der Waals surface area contributed by atoms with Crippen molar-refractivity contribution in [1.29, 1.82) is 0 Å². The molecule has 0 unspecified atom stereocenters. The van der Waals surface area contributed by atoms with Crippen molar-refractivity contribution in [3.05, 3.63) is 71.8 Å². The van der Waals surface area contributed by atoms with Crippen molar-refractivity contribution >= 4 is 11.9 Å². The third-order valence-corrected chi connectivity index (χ3v) is 5.24. The average molecular weight is 364 g/mol. The molecule has 0 bridgehead atoms. The number of benzene rings is 2. The van der Waals surface area contributed by atoms with Gasteiger partial charge in [0.25, 0.3) is 5.91 Å². The number of hydrogen-bond donors (Lipinski definition) is 1. The maximum absolute atomic E-state index is 13.6. The van der Waals surface area contributed by atoms with E-state index in [1.165, 1.54) is 0 Å². The van der Waals surface area contributed by atoms with Gasteiger partial charge in [0.2, 0.25) is 0 Å². The number of rotatable bonds is 5. The van der Waals surface area contributed by atoms with E-state index in [-0.39, 0.29) is 11.9 Å². The summed E-state index contributed by atoms with van der Waals surface area (Å²) in [5.74, 6) is 0.187. The van der Waals surface area contributed by atoms with Gasteiger partial charge in [0, 0.05) is 26.2 Å². The van der Waals surface area contributed by atoms with Crippen LogP contribution in [0.4, 0.5) is 0 Å². The molecule has 2 aromatic rings. The number of guanidine groups is 1. The molecular weight excluding hydrogens is 340 g/mol. The molecule has 2 heterocycles. The fraction of sp³-hybridized carbons (Fsp3) is 0.333. The van der Waals surface area contributed by atoms with Crippen LogP contribution in [0.3, 0.4) is 0 Å². The highest BCUT2D eigenvalue weighted by molar-refractivity contribution is 6.09. The molecule has 2 N–H and O–H groups in total. The summed E-state index contributed by atoms with van der Waals surface area (Å²) in [5.41, 5.74) is 6.80. The lowest BCUT2D eigenvalue weighted by Gasteiger charge is -2.30. The van der Waals surface area contributed by atoms with Gasteiger partial charge in [-0.1, -0.05) is 60.7 Å². The van der Waals surface area contributed by atoms with Crippen molar-refractivity contribution in [2.45, 2.75) is 5.54 Å². The molecule has 6 heteroatoms. The van der Waals surface area contributed by atoms with Crippen LogP contribution in [0.5, 0.6) is 0 Å². The molecule has 2 aliphatic rings. The summed E-state index contributed by atoms with van der Waals surface area (Å²) in [6.45, 7) is 4.49. The Labute approximate surface area is 159 Å². The van der Waals surface area contributed by atoms with Crippen LogP contribution in [0.15, 0.2) is 65.7 Å². The Morgan fingerprint density at radius 3 is 2.04 bits per heavy atom. The highest BCUT2D eigenvalue weighted by Crippen LogP contribution is 2.39. The lowest BCUT2D eigenvalue weighted by Crippen LogP contribution is -2.48. The van der Waals surface area contributed by atoms with E-state index in [2.05, 4.69) is 4.90 Å². The van der Waals surface area contributed by atoms with Crippen molar-refractivity contribution in [3.8, 4) is 0 Å². The second kappa shape index (κ2) is 7.50. The number of carbonyl (C=O) groups excluding carboxylic acids is 1. The summed E-state index contributed by atoms with van der Waals surface area (Å²) in [6, 6.07) is 19.3. The van der Waals surface area contributed by atoms with Gasteiger partial charge < -0.3 is 10.5 Å². The predicted octanol–water partition coefficient (Wildman–Crippen LogP) is 1.42. The van der Waals surface area contributed by atoms with E-state index in [1.807, 2.05) is 60.7 Å². The lowest BCUT2D eigenvalue weighted by atomic mass is 9.83. The summed E-state index contributed by atoms with van der Waals surface area (Å²) in [4.78, 5) is 22.2. The monoisotopic (exact) mass is 364 g/mol. The van der Waals surface area contributed by atoms with Gasteiger partial charge in [-0.3, -0.25) is 14.6 Å². The first kappa shape index (κ1) is 17.7. The van der Waals surface area contributed by atoms with E-state index in [9.17, 15) is 4.79 Å². The van der Waals surface area contributed by atoms with Crippen molar-refractivity contribution in [2.75, 3.05) is 39.4 Å². The zero-order chi connectivity index (χ0) is 18.7. The molecule has 27 heavy (non-hydrogen) atoms. The number of hydrogen-bond acceptors (Lipinski definition) is 5. The van der Waals surface area contributed by atoms with Gasteiger partial charge in [-0.05, 0) is 11.1 Å². The highest BCUT2D eigenvalue weighted by atomic mass is 16.5. The molecule has 0 radical (unpaired) electrons. The van der Waals surface area contributed by atoms with Gasteiger partial charge in [-0.2, -0.15) is 0 Å². The van der Waals surface area contributed by atoms with Gasteiger partial charge in [0.05, 0.1) is 13.2 Å². The van der Waals surface area contributed by atoms with E-state index >= 15 is 0 Å². The predicted molar refractivity (Wildman–Crippen MR) is 104 cm³/mol. The number of aliphatic imine (C=N–C) groups is 1. The standard InChI is InChI=1S/C21H24N4O2/c22-20-23-21(17-7-3-1-4-8-17,18-9-5-2-6-10-18)19(26)25(20)12-11-24-13-15-27-16-14-24/h1-10H,11-16H2,(H2,22,23). The smallest absolute Gasteiger partial charge is 0.266 e. The Hall–Kier alpha value is -2.70. The Kier molecular flexibility index (Phi) is 4.92. The van der Waals surface area contributed by atoms with Crippen LogP contribution in [-0.4, -0.2) is 61.1 Å². The Bertz CT molecular complexity index is 777. The van der Waals surface area contributed by atoms with Crippen LogP contribution in [-0.2, 0) is 15.1 Å². The van der Waals surface area contributed by atoms with Crippen molar-refractivity contribution in [3.63, 3.8) is 0 Å². The molecule has 6 nitrogen and oxygen atoms in total. The van der Waals surface area contributed by atoms with E-state index in [0.717, 1.165) is 44.0 Å². The third kappa shape index (κ3) is 3.22. The van der Waals surface area contributed by atoms with Gasteiger partial charge in [-0.25, -0.2) is 4.99 Å². The fourth-order valence-electron chi connectivity index (χ4n) is 3.76. The molecule has 4 rings (SSSR count). The summed E-state index contributed by atoms with van der Waals surface area (Å²) in [6.07, 6.45) is 0. The molecule has 0 aromatic heterocycles. The van der Waals surface area contributed by atoms with E-state index in [0.29, 0.717) is 6.54 Å². The maximum Gasteiger partial charge on any atom is 0.266 e. The molecule has 0 saturated carbocycles. The lowest BCUT2D eigenvalue weighted by molar-refractivity contribution is -0.130. The summed E-state index contributed by atoms with van der Waals surface area (Å²) in [5, 5.41) is 0. The molecule has 1 saturated heterocycles. The average Bonchev–Trinajstić information content (AvgIpc) is 2.99. The minimum Gasteiger partial charge on any atom is -0.379 e. The molecule has 0 aliphatic carbocycles. The number of nitrogens with two attached hydrogens (primary N) is 1.